The van der Waals surface area contributed by atoms with Crippen LogP contribution >= 0.6 is 23.1 Å². The van der Waals surface area contributed by atoms with Crippen molar-refractivity contribution in [2.75, 3.05) is 18.9 Å². The van der Waals surface area contributed by atoms with Crippen molar-refractivity contribution in [3.63, 3.8) is 0 Å². The van der Waals surface area contributed by atoms with Gasteiger partial charge in [-0.3, -0.25) is 9.36 Å². The van der Waals surface area contributed by atoms with Gasteiger partial charge in [0.15, 0.2) is 11.0 Å². The van der Waals surface area contributed by atoms with Crippen LogP contribution in [0.25, 0.3) is 10.7 Å². The number of thioether (sulfide) groups is 1. The summed E-state index contributed by atoms with van der Waals surface area (Å²) in [5.41, 5.74) is 1.48. The van der Waals surface area contributed by atoms with Gasteiger partial charge in [0.2, 0.25) is 5.91 Å². The summed E-state index contributed by atoms with van der Waals surface area (Å²) in [6, 6.07) is 2.30. The fourth-order valence-electron chi connectivity index (χ4n) is 4.14. The molecule has 0 aromatic carbocycles. The number of aromatic nitrogens is 3. The maximum atomic E-state index is 12.2. The number of nitrogens with zero attached hydrogens (tertiary/aromatic N) is 3. The van der Waals surface area contributed by atoms with Crippen molar-refractivity contribution in [2.24, 2.45) is 5.92 Å². The minimum atomic E-state index is 0.00222. The highest BCUT2D eigenvalue weighted by Gasteiger charge is 2.23. The minimum Gasteiger partial charge on any atom is -0.376 e. The van der Waals surface area contributed by atoms with Crippen molar-refractivity contribution in [2.45, 2.75) is 63.3 Å². The van der Waals surface area contributed by atoms with E-state index in [-0.39, 0.29) is 12.0 Å². The average molecular weight is 447 g/mol. The molecular weight excluding hydrogens is 416 g/mol. The Balaban J connectivity index is 1.42. The smallest absolute Gasteiger partial charge is 0.230 e. The SMILES string of the molecule is C=CCn1c(SCC(=O)NC[C@H]2CCCO2)nnc1-c1cc2c(s1)CC[C@H](CC)C2. The number of allylic oxidation sites excluding steroid dienone is 1. The predicted molar refractivity (Wildman–Crippen MR) is 122 cm³/mol. The molecule has 1 saturated heterocycles. The van der Waals surface area contributed by atoms with Gasteiger partial charge in [-0.2, -0.15) is 0 Å². The van der Waals surface area contributed by atoms with Gasteiger partial charge >= 0.3 is 0 Å². The Bertz CT molecular complexity index is 886. The quantitative estimate of drug-likeness (QED) is 0.464. The Labute approximate surface area is 186 Å². The van der Waals surface area contributed by atoms with Crippen molar-refractivity contribution < 1.29 is 9.53 Å². The number of hydrogen-bond acceptors (Lipinski definition) is 6. The third kappa shape index (κ3) is 4.98. The van der Waals surface area contributed by atoms with Crippen LogP contribution < -0.4 is 5.32 Å². The van der Waals surface area contributed by atoms with E-state index in [2.05, 4.69) is 39.7 Å². The molecule has 162 valence electrons. The number of nitrogens with one attached hydrogen (secondary N) is 1. The molecule has 3 heterocycles. The van der Waals surface area contributed by atoms with Crippen LogP contribution in [0, 0.1) is 5.92 Å². The lowest BCUT2D eigenvalue weighted by molar-refractivity contribution is -0.119. The summed E-state index contributed by atoms with van der Waals surface area (Å²) in [6.07, 6.45) is 8.98. The van der Waals surface area contributed by atoms with E-state index in [1.54, 1.807) is 0 Å². The lowest BCUT2D eigenvalue weighted by atomic mass is 9.87. The predicted octanol–water partition coefficient (Wildman–Crippen LogP) is 4.09. The standard InChI is InChI=1S/C22H30N4O2S2/c1-3-9-26-21(19-12-16-11-15(4-2)7-8-18(16)30-19)24-25-22(26)29-14-20(27)23-13-17-6-5-10-28-17/h3,12,15,17H,1,4-11,13-14H2,2H3,(H,23,27)/t15-,17+/m0/s1. The van der Waals surface area contributed by atoms with Crippen LogP contribution in [-0.4, -0.2) is 45.7 Å². The van der Waals surface area contributed by atoms with E-state index in [4.69, 9.17) is 4.74 Å². The molecule has 30 heavy (non-hydrogen) atoms. The fourth-order valence-corrected chi connectivity index (χ4v) is 6.12. The number of ether oxygens (including phenoxy) is 1. The molecule has 0 bridgehead atoms. The Morgan fingerprint density at radius 2 is 2.37 bits per heavy atom. The lowest BCUT2D eigenvalue weighted by Gasteiger charge is -2.19. The van der Waals surface area contributed by atoms with Gasteiger partial charge in [-0.15, -0.1) is 28.1 Å². The zero-order valence-corrected chi connectivity index (χ0v) is 19.2. The molecule has 0 radical (unpaired) electrons. The van der Waals surface area contributed by atoms with Gasteiger partial charge in [0.1, 0.15) is 0 Å². The monoisotopic (exact) mass is 446 g/mol. The van der Waals surface area contributed by atoms with Crippen LogP contribution in [0.5, 0.6) is 0 Å². The van der Waals surface area contributed by atoms with E-state index in [1.165, 1.54) is 52.8 Å². The van der Waals surface area contributed by atoms with Crippen LogP contribution in [0.1, 0.15) is 43.0 Å². The van der Waals surface area contributed by atoms with E-state index in [0.717, 1.165) is 36.3 Å². The number of rotatable bonds is 9. The molecule has 0 saturated carbocycles. The first-order chi connectivity index (χ1) is 14.7. The number of thiophene rings is 1. The highest BCUT2D eigenvalue weighted by Crippen LogP contribution is 2.38. The summed E-state index contributed by atoms with van der Waals surface area (Å²) in [7, 11) is 0. The summed E-state index contributed by atoms with van der Waals surface area (Å²) >= 11 is 3.27. The van der Waals surface area contributed by atoms with Crippen molar-refractivity contribution in [3.05, 3.63) is 29.2 Å². The molecule has 0 spiro atoms. The van der Waals surface area contributed by atoms with Gasteiger partial charge in [0, 0.05) is 24.6 Å². The second-order valence-corrected chi connectivity index (χ2v) is 10.1. The summed E-state index contributed by atoms with van der Waals surface area (Å²) in [5, 5.41) is 12.6. The maximum Gasteiger partial charge on any atom is 0.230 e. The molecule has 1 amide bonds. The molecule has 4 rings (SSSR count). The largest absolute Gasteiger partial charge is 0.376 e. The molecule has 1 aliphatic heterocycles. The van der Waals surface area contributed by atoms with E-state index in [0.29, 0.717) is 18.8 Å². The first-order valence-corrected chi connectivity index (χ1v) is 12.6. The van der Waals surface area contributed by atoms with E-state index < -0.39 is 0 Å². The lowest BCUT2D eigenvalue weighted by Crippen LogP contribution is -2.32. The first kappa shape index (κ1) is 21.6. The fraction of sp³-hybridized carbons (Fsp3) is 0.591. The molecule has 2 aromatic heterocycles. The van der Waals surface area contributed by atoms with Crippen molar-refractivity contribution in [3.8, 4) is 10.7 Å². The number of aryl methyl sites for hydroxylation is 1. The Kier molecular flexibility index (Phi) is 7.28. The average Bonchev–Trinajstić information content (AvgIpc) is 3.50. The topological polar surface area (TPSA) is 69.0 Å². The van der Waals surface area contributed by atoms with Crippen LogP contribution in [0.3, 0.4) is 0 Å². The normalized spacial score (nSPS) is 20.8. The zero-order valence-electron chi connectivity index (χ0n) is 17.6. The minimum absolute atomic E-state index is 0.00222. The molecule has 6 nitrogen and oxygen atoms in total. The van der Waals surface area contributed by atoms with Gasteiger partial charge in [-0.1, -0.05) is 31.2 Å². The van der Waals surface area contributed by atoms with E-state index in [9.17, 15) is 4.79 Å². The Morgan fingerprint density at radius 1 is 1.47 bits per heavy atom. The molecule has 8 heteroatoms. The second kappa shape index (κ2) is 10.1. The molecule has 2 atom stereocenters. The third-order valence-corrected chi connectivity index (χ3v) is 8.09. The molecule has 1 fully saturated rings. The molecule has 2 aliphatic rings. The molecule has 1 N–H and O–H groups in total. The van der Waals surface area contributed by atoms with E-state index >= 15 is 0 Å². The summed E-state index contributed by atoms with van der Waals surface area (Å²) in [5.74, 6) is 2.00. The van der Waals surface area contributed by atoms with Crippen molar-refractivity contribution in [1.82, 2.24) is 20.1 Å². The summed E-state index contributed by atoms with van der Waals surface area (Å²) in [6.45, 7) is 8.19. The highest BCUT2D eigenvalue weighted by atomic mass is 32.2. The van der Waals surface area contributed by atoms with Gasteiger partial charge in [-0.05, 0) is 49.7 Å². The van der Waals surface area contributed by atoms with Gasteiger partial charge in [-0.25, -0.2) is 0 Å². The van der Waals surface area contributed by atoms with Crippen molar-refractivity contribution in [1.29, 1.82) is 0 Å². The number of fused-ring (bicyclic) bond motifs is 1. The molecule has 2 aromatic rings. The Hall–Kier alpha value is -1.64. The highest BCUT2D eigenvalue weighted by molar-refractivity contribution is 7.99. The molecular formula is C22H30N4O2S2. The Morgan fingerprint density at radius 3 is 3.13 bits per heavy atom. The van der Waals surface area contributed by atoms with Gasteiger partial charge < -0.3 is 10.1 Å². The molecule has 1 aliphatic carbocycles. The molecule has 0 unspecified atom stereocenters. The maximum absolute atomic E-state index is 12.2. The number of carbonyl (C=O) groups is 1. The van der Waals surface area contributed by atoms with Crippen LogP contribution in [-0.2, 0) is 28.9 Å². The van der Waals surface area contributed by atoms with Crippen LogP contribution in [0.4, 0.5) is 0 Å². The van der Waals surface area contributed by atoms with Crippen LogP contribution in [0.2, 0.25) is 0 Å². The first-order valence-electron chi connectivity index (χ1n) is 10.8. The zero-order chi connectivity index (χ0) is 20.9. The van der Waals surface area contributed by atoms with Crippen LogP contribution in [0.15, 0.2) is 23.9 Å². The summed E-state index contributed by atoms with van der Waals surface area (Å²) in [4.78, 5) is 14.9. The number of hydrogen-bond donors (Lipinski definition) is 1. The number of carbonyl (C=O) groups excluding carboxylic acids is 1. The number of amides is 1. The van der Waals surface area contributed by atoms with E-state index in [1.807, 2.05) is 17.4 Å². The summed E-state index contributed by atoms with van der Waals surface area (Å²) < 4.78 is 7.63. The second-order valence-electron chi connectivity index (χ2n) is 8.01. The van der Waals surface area contributed by atoms with Gasteiger partial charge in [0.25, 0.3) is 0 Å². The van der Waals surface area contributed by atoms with Crippen molar-refractivity contribution >= 4 is 29.0 Å². The van der Waals surface area contributed by atoms with Gasteiger partial charge in [0.05, 0.1) is 16.7 Å². The third-order valence-electron chi connectivity index (χ3n) is 5.89.